The lowest BCUT2D eigenvalue weighted by Crippen LogP contribution is -2.72. The van der Waals surface area contributed by atoms with Gasteiger partial charge in [0.1, 0.15) is 27.3 Å². The van der Waals surface area contributed by atoms with Crippen LogP contribution in [-0.4, -0.2) is 90.0 Å². The summed E-state index contributed by atoms with van der Waals surface area (Å²) in [4.78, 5) is 46.1. The van der Waals surface area contributed by atoms with E-state index in [9.17, 15) is 14.4 Å². The normalized spacial score (nSPS) is 26.3. The smallest absolute Gasteiger partial charge is 0.408 e. The van der Waals surface area contributed by atoms with Gasteiger partial charge < -0.3 is 19.5 Å². The Morgan fingerprint density at radius 1 is 1.29 bits per heavy atom. The number of hydrogen-bond acceptors (Lipinski definition) is 10. The molecule has 35 heavy (non-hydrogen) atoms. The van der Waals surface area contributed by atoms with E-state index in [0.29, 0.717) is 48.8 Å². The minimum Gasteiger partial charge on any atom is -0.468 e. The Hall–Kier alpha value is -1.80. The average Bonchev–Trinajstić information content (AvgIpc) is 3.21. The zero-order valence-corrected chi connectivity index (χ0v) is 22.7. The monoisotopic (exact) mass is 573 g/mol. The quantitative estimate of drug-likeness (QED) is 0.490. The molecule has 5 rings (SSSR count). The number of hydrazine groups is 1. The predicted octanol–water partition coefficient (Wildman–Crippen LogP) is 1.84. The second-order valence-corrected chi connectivity index (χ2v) is 11.7. The third kappa shape index (κ3) is 5.96. The number of alkyl carbamates (subject to hydrolysis) is 1. The lowest BCUT2D eigenvalue weighted by Gasteiger charge is -2.53. The van der Waals surface area contributed by atoms with Gasteiger partial charge in [-0.25, -0.2) is 15.2 Å². The van der Waals surface area contributed by atoms with Crippen LogP contribution >= 0.6 is 27.3 Å². The number of rotatable bonds is 6. The van der Waals surface area contributed by atoms with Crippen molar-refractivity contribution in [3.63, 3.8) is 0 Å². The molecule has 4 heterocycles. The van der Waals surface area contributed by atoms with E-state index in [0.717, 1.165) is 0 Å². The molecule has 0 spiro atoms. The summed E-state index contributed by atoms with van der Waals surface area (Å²) in [7, 11) is 1.34. The topological polar surface area (TPSA) is 122 Å². The standard InChI is InChI=1S/C22H32BrN5O6S/c1-22(2,3)34-21(31)25-16(17(18-24-14(23)11-35-18)27-5-7-33-8-6-27)19(29)28-13-9-12(10-13)15(26-28)20(30)32-4/h11-13,15-17,26H,5-10H2,1-4H3,(H,25,31)/t12?,13?,15-,16-,17?/m0/s1. The molecule has 0 aromatic carbocycles. The average molecular weight is 574 g/mol. The molecule has 3 saturated heterocycles. The zero-order chi connectivity index (χ0) is 25.3. The van der Waals surface area contributed by atoms with Crippen LogP contribution in [-0.2, 0) is 23.8 Å². The third-order valence-corrected chi connectivity index (χ3v) is 8.02. The van der Waals surface area contributed by atoms with Gasteiger partial charge >= 0.3 is 12.1 Å². The summed E-state index contributed by atoms with van der Waals surface area (Å²) in [6.45, 7) is 7.46. The van der Waals surface area contributed by atoms with Crippen LogP contribution in [0.15, 0.2) is 9.98 Å². The summed E-state index contributed by atoms with van der Waals surface area (Å²) in [5.74, 6) is -0.634. The van der Waals surface area contributed by atoms with Crippen molar-refractivity contribution in [1.82, 2.24) is 25.6 Å². The highest BCUT2D eigenvalue weighted by atomic mass is 79.9. The van der Waals surface area contributed by atoms with E-state index in [1.807, 2.05) is 5.38 Å². The Bertz CT molecular complexity index is 943. The van der Waals surface area contributed by atoms with Gasteiger partial charge in [0.2, 0.25) is 0 Å². The maximum absolute atomic E-state index is 14.1. The zero-order valence-electron chi connectivity index (χ0n) is 20.3. The number of morpholine rings is 1. The van der Waals surface area contributed by atoms with E-state index in [4.69, 9.17) is 14.2 Å². The molecule has 194 valence electrons. The Kier molecular flexibility index (Phi) is 8.01. The summed E-state index contributed by atoms with van der Waals surface area (Å²) in [5.41, 5.74) is 2.33. The first-order valence-electron chi connectivity index (χ1n) is 11.7. The molecule has 2 amide bonds. The second-order valence-electron chi connectivity index (χ2n) is 9.95. The number of methoxy groups -OCH3 is 1. The summed E-state index contributed by atoms with van der Waals surface area (Å²) in [6.07, 6.45) is 0.698. The van der Waals surface area contributed by atoms with Crippen LogP contribution in [0.4, 0.5) is 4.79 Å². The molecule has 13 heteroatoms. The number of ether oxygens (including phenoxy) is 3. The molecule has 1 aromatic rings. The first-order valence-corrected chi connectivity index (χ1v) is 13.3. The highest BCUT2D eigenvalue weighted by molar-refractivity contribution is 9.10. The molecule has 2 bridgehead atoms. The number of nitrogens with one attached hydrogen (secondary N) is 2. The minimum atomic E-state index is -1.01. The van der Waals surface area contributed by atoms with Crippen LogP contribution in [0, 0.1) is 5.92 Å². The van der Waals surface area contributed by atoms with Crippen molar-refractivity contribution in [1.29, 1.82) is 0 Å². The Labute approximate surface area is 216 Å². The molecule has 11 nitrogen and oxygen atoms in total. The van der Waals surface area contributed by atoms with Crippen molar-refractivity contribution >= 4 is 45.2 Å². The first-order chi connectivity index (χ1) is 16.6. The molecular formula is C22H32BrN5O6S. The number of hydrogen-bond donors (Lipinski definition) is 2. The molecule has 2 N–H and O–H groups in total. The molecule has 3 aliphatic heterocycles. The highest BCUT2D eigenvalue weighted by Gasteiger charge is 2.52. The number of nitrogens with zero attached hydrogens (tertiary/aromatic N) is 3. The highest BCUT2D eigenvalue weighted by Crippen LogP contribution is 2.40. The van der Waals surface area contributed by atoms with Crippen LogP contribution in [0.2, 0.25) is 0 Å². The largest absolute Gasteiger partial charge is 0.468 e. The van der Waals surface area contributed by atoms with E-state index < -0.39 is 35.8 Å². The van der Waals surface area contributed by atoms with Crippen molar-refractivity contribution in [3.05, 3.63) is 15.0 Å². The number of fused-ring (bicyclic) bond motifs is 2. The van der Waals surface area contributed by atoms with Crippen molar-refractivity contribution in [2.75, 3.05) is 33.4 Å². The van der Waals surface area contributed by atoms with Crippen LogP contribution in [0.25, 0.3) is 0 Å². The molecule has 1 aromatic heterocycles. The number of carbonyl (C=O) groups excluding carboxylic acids is 3. The molecular weight excluding hydrogens is 542 g/mol. The van der Waals surface area contributed by atoms with E-state index in [2.05, 4.69) is 36.6 Å². The van der Waals surface area contributed by atoms with Crippen molar-refractivity contribution in [3.8, 4) is 0 Å². The number of halogens is 1. The molecule has 4 aliphatic rings. The van der Waals surface area contributed by atoms with Gasteiger partial charge in [0.15, 0.2) is 0 Å². The first kappa shape index (κ1) is 26.3. The maximum atomic E-state index is 14.1. The number of carbonyl (C=O) groups is 3. The van der Waals surface area contributed by atoms with Crippen molar-refractivity contribution < 1.29 is 28.6 Å². The Morgan fingerprint density at radius 3 is 2.54 bits per heavy atom. The molecule has 3 atom stereocenters. The van der Waals surface area contributed by atoms with Crippen LogP contribution in [0.3, 0.4) is 0 Å². The maximum Gasteiger partial charge on any atom is 0.408 e. The van der Waals surface area contributed by atoms with Gasteiger partial charge in [-0.05, 0) is 55.5 Å². The number of esters is 1. The second kappa shape index (κ2) is 10.7. The summed E-state index contributed by atoms with van der Waals surface area (Å²) in [6, 6.07) is -2.23. The van der Waals surface area contributed by atoms with Crippen LogP contribution in [0.1, 0.15) is 44.7 Å². The summed E-state index contributed by atoms with van der Waals surface area (Å²) in [5, 5.41) is 6.86. The number of amides is 2. The van der Waals surface area contributed by atoms with Gasteiger partial charge in [-0.3, -0.25) is 19.5 Å². The molecule has 4 fully saturated rings. The van der Waals surface area contributed by atoms with Crippen LogP contribution < -0.4 is 10.7 Å². The summed E-state index contributed by atoms with van der Waals surface area (Å²) < 4.78 is 16.6. The Morgan fingerprint density at radius 2 is 1.97 bits per heavy atom. The molecule has 0 radical (unpaired) electrons. The molecule has 1 aliphatic carbocycles. The fraction of sp³-hybridized carbons (Fsp3) is 0.727. The molecule has 1 saturated carbocycles. The number of thiazole rings is 1. The van der Waals surface area contributed by atoms with Gasteiger partial charge in [-0.2, -0.15) is 0 Å². The van der Waals surface area contributed by atoms with Gasteiger partial charge in [0, 0.05) is 24.5 Å². The van der Waals surface area contributed by atoms with Gasteiger partial charge in [-0.1, -0.05) is 0 Å². The lowest BCUT2D eigenvalue weighted by atomic mass is 9.73. The van der Waals surface area contributed by atoms with Gasteiger partial charge in [0.25, 0.3) is 5.91 Å². The minimum absolute atomic E-state index is 0.0651. The predicted molar refractivity (Wildman–Crippen MR) is 130 cm³/mol. The lowest BCUT2D eigenvalue weighted by molar-refractivity contribution is -0.168. The van der Waals surface area contributed by atoms with E-state index in [1.165, 1.54) is 23.5 Å². The third-order valence-electron chi connectivity index (χ3n) is 6.40. The number of aromatic nitrogens is 1. The summed E-state index contributed by atoms with van der Waals surface area (Å²) >= 11 is 4.82. The van der Waals surface area contributed by atoms with E-state index in [-0.39, 0.29) is 17.9 Å². The molecule has 1 unspecified atom stereocenters. The van der Waals surface area contributed by atoms with Gasteiger partial charge in [0.05, 0.1) is 26.4 Å². The fourth-order valence-electron chi connectivity index (χ4n) is 4.72. The van der Waals surface area contributed by atoms with Crippen molar-refractivity contribution in [2.24, 2.45) is 5.92 Å². The van der Waals surface area contributed by atoms with Gasteiger partial charge in [-0.15, -0.1) is 11.3 Å². The van der Waals surface area contributed by atoms with Crippen molar-refractivity contribution in [2.45, 2.75) is 63.4 Å². The fourth-order valence-corrected chi connectivity index (χ4v) is 6.15. The van der Waals surface area contributed by atoms with E-state index >= 15 is 0 Å². The van der Waals surface area contributed by atoms with Crippen LogP contribution in [0.5, 0.6) is 0 Å². The van der Waals surface area contributed by atoms with E-state index in [1.54, 1.807) is 20.8 Å². The SMILES string of the molecule is COC(=O)[C@H]1NN(C(=O)[C@@H](NC(=O)OC(C)(C)C)C(c2nc(Br)cs2)N2CCOCC2)C2CC1C2. The Balaban J connectivity index is 1.67.